The number of nitrogens with zero attached hydrogens (tertiary/aromatic N) is 1. The molecule has 1 heterocycles. The van der Waals surface area contributed by atoms with Crippen molar-refractivity contribution in [2.75, 3.05) is 26.3 Å². The van der Waals surface area contributed by atoms with Crippen LogP contribution in [-0.2, 0) is 22.6 Å². The highest BCUT2D eigenvalue weighted by atomic mass is 16.5. The lowest BCUT2D eigenvalue weighted by molar-refractivity contribution is 0.0342. The van der Waals surface area contributed by atoms with Gasteiger partial charge in [0, 0.05) is 19.6 Å². The van der Waals surface area contributed by atoms with Crippen molar-refractivity contribution in [2.24, 2.45) is 0 Å². The number of benzene rings is 2. The third kappa shape index (κ3) is 4.73. The molecule has 3 heteroatoms. The quantitative estimate of drug-likeness (QED) is 0.756. The monoisotopic (exact) mass is 351 g/mol. The molecule has 138 valence electrons. The molecule has 0 aromatic heterocycles. The average Bonchev–Trinajstić information content (AvgIpc) is 3.22. The molecule has 2 aliphatic rings. The molecule has 26 heavy (non-hydrogen) atoms. The first-order valence-electron chi connectivity index (χ1n) is 9.97. The average molecular weight is 351 g/mol. The summed E-state index contributed by atoms with van der Waals surface area (Å²) in [6, 6.07) is 17.8. The first kappa shape index (κ1) is 17.7. The summed E-state index contributed by atoms with van der Waals surface area (Å²) in [6.07, 6.45) is 5.59. The van der Waals surface area contributed by atoms with Crippen LogP contribution in [0.1, 0.15) is 36.8 Å². The molecule has 3 nitrogen and oxygen atoms in total. The van der Waals surface area contributed by atoms with Crippen LogP contribution in [0.15, 0.2) is 48.5 Å². The van der Waals surface area contributed by atoms with E-state index >= 15 is 0 Å². The third-order valence-corrected chi connectivity index (χ3v) is 5.54. The van der Waals surface area contributed by atoms with Crippen LogP contribution in [0.5, 0.6) is 0 Å². The standard InChI is InChI=1S/C23H29NO2/c1-2-4-23(3-1)26-18-20-7-11-22(12-8-20)21-9-5-19(6-10-21)17-24-13-15-25-16-14-24/h5-12,23H,1-4,13-18H2. The van der Waals surface area contributed by atoms with Gasteiger partial charge in [-0.3, -0.25) is 4.90 Å². The van der Waals surface area contributed by atoms with Gasteiger partial charge in [0.25, 0.3) is 0 Å². The molecule has 0 atom stereocenters. The van der Waals surface area contributed by atoms with E-state index in [2.05, 4.69) is 53.4 Å². The van der Waals surface area contributed by atoms with Crippen LogP contribution in [0.3, 0.4) is 0 Å². The molecule has 4 rings (SSSR count). The lowest BCUT2D eigenvalue weighted by atomic mass is 10.0. The van der Waals surface area contributed by atoms with E-state index in [1.165, 1.54) is 47.9 Å². The Kier molecular flexibility index (Phi) is 6.00. The highest BCUT2D eigenvalue weighted by Crippen LogP contribution is 2.24. The Morgan fingerprint density at radius 3 is 2.00 bits per heavy atom. The molecule has 0 bridgehead atoms. The second kappa shape index (κ2) is 8.81. The number of morpholine rings is 1. The van der Waals surface area contributed by atoms with Gasteiger partial charge < -0.3 is 9.47 Å². The molecule has 1 saturated carbocycles. The third-order valence-electron chi connectivity index (χ3n) is 5.54. The zero-order valence-electron chi connectivity index (χ0n) is 15.5. The normalized spacial score (nSPS) is 19.1. The Bertz CT molecular complexity index is 668. The van der Waals surface area contributed by atoms with Gasteiger partial charge in [0.2, 0.25) is 0 Å². The minimum absolute atomic E-state index is 0.480. The maximum atomic E-state index is 6.01. The highest BCUT2D eigenvalue weighted by molar-refractivity contribution is 5.63. The summed E-state index contributed by atoms with van der Waals surface area (Å²) >= 11 is 0. The fourth-order valence-electron chi connectivity index (χ4n) is 3.88. The van der Waals surface area contributed by atoms with E-state index in [1.54, 1.807) is 0 Å². The van der Waals surface area contributed by atoms with Gasteiger partial charge in [-0.15, -0.1) is 0 Å². The summed E-state index contributed by atoms with van der Waals surface area (Å²) in [6.45, 7) is 5.53. The van der Waals surface area contributed by atoms with Crippen molar-refractivity contribution < 1.29 is 9.47 Å². The van der Waals surface area contributed by atoms with E-state index in [9.17, 15) is 0 Å². The molecule has 0 amide bonds. The van der Waals surface area contributed by atoms with Crippen molar-refractivity contribution in [3.63, 3.8) is 0 Å². The van der Waals surface area contributed by atoms with Crippen molar-refractivity contribution in [3.05, 3.63) is 59.7 Å². The molecule has 1 aliphatic carbocycles. The van der Waals surface area contributed by atoms with Crippen molar-refractivity contribution in [1.82, 2.24) is 4.90 Å². The van der Waals surface area contributed by atoms with Crippen LogP contribution in [-0.4, -0.2) is 37.3 Å². The SMILES string of the molecule is c1cc(-c2ccc(CN3CCOCC3)cc2)ccc1COC1CCCC1. The van der Waals surface area contributed by atoms with Gasteiger partial charge >= 0.3 is 0 Å². The number of hydrogen-bond donors (Lipinski definition) is 0. The van der Waals surface area contributed by atoms with Gasteiger partial charge in [-0.1, -0.05) is 61.4 Å². The Morgan fingerprint density at radius 2 is 1.38 bits per heavy atom. The lowest BCUT2D eigenvalue weighted by Crippen LogP contribution is -2.35. The minimum Gasteiger partial charge on any atom is -0.379 e. The van der Waals surface area contributed by atoms with E-state index in [-0.39, 0.29) is 0 Å². The van der Waals surface area contributed by atoms with E-state index in [4.69, 9.17) is 9.47 Å². The molecular formula is C23H29NO2. The van der Waals surface area contributed by atoms with Gasteiger partial charge in [0.05, 0.1) is 25.9 Å². The molecule has 2 aromatic carbocycles. The van der Waals surface area contributed by atoms with Gasteiger partial charge in [-0.05, 0) is 35.1 Å². The van der Waals surface area contributed by atoms with Gasteiger partial charge in [-0.25, -0.2) is 0 Å². The molecule has 2 aromatic rings. The number of ether oxygens (including phenoxy) is 2. The Morgan fingerprint density at radius 1 is 0.808 bits per heavy atom. The molecule has 0 unspecified atom stereocenters. The number of rotatable bonds is 6. The van der Waals surface area contributed by atoms with E-state index in [1.807, 2.05) is 0 Å². The van der Waals surface area contributed by atoms with Crippen LogP contribution in [0.25, 0.3) is 11.1 Å². The van der Waals surface area contributed by atoms with Gasteiger partial charge in [0.1, 0.15) is 0 Å². The lowest BCUT2D eigenvalue weighted by Gasteiger charge is -2.26. The van der Waals surface area contributed by atoms with Crippen LogP contribution in [0.4, 0.5) is 0 Å². The molecule has 0 radical (unpaired) electrons. The maximum Gasteiger partial charge on any atom is 0.0720 e. The van der Waals surface area contributed by atoms with Crippen molar-refractivity contribution >= 4 is 0 Å². The summed E-state index contributed by atoms with van der Waals surface area (Å²) < 4.78 is 11.4. The summed E-state index contributed by atoms with van der Waals surface area (Å²) in [7, 11) is 0. The predicted molar refractivity (Wildman–Crippen MR) is 105 cm³/mol. The van der Waals surface area contributed by atoms with Crippen molar-refractivity contribution in [1.29, 1.82) is 0 Å². The molecule has 0 spiro atoms. The first-order valence-corrected chi connectivity index (χ1v) is 9.97. The topological polar surface area (TPSA) is 21.7 Å². The highest BCUT2D eigenvalue weighted by Gasteiger charge is 2.15. The molecular weight excluding hydrogens is 322 g/mol. The minimum atomic E-state index is 0.480. The predicted octanol–water partition coefficient (Wildman–Crippen LogP) is 4.65. The van der Waals surface area contributed by atoms with Crippen molar-refractivity contribution in [3.8, 4) is 11.1 Å². The zero-order valence-corrected chi connectivity index (χ0v) is 15.5. The smallest absolute Gasteiger partial charge is 0.0720 e. The Hall–Kier alpha value is -1.68. The maximum absolute atomic E-state index is 6.01. The molecule has 1 aliphatic heterocycles. The second-order valence-corrected chi connectivity index (χ2v) is 7.50. The molecule has 2 fully saturated rings. The summed E-state index contributed by atoms with van der Waals surface area (Å²) in [4.78, 5) is 2.46. The van der Waals surface area contributed by atoms with Crippen LogP contribution >= 0.6 is 0 Å². The fraction of sp³-hybridized carbons (Fsp3) is 0.478. The molecule has 1 saturated heterocycles. The van der Waals surface area contributed by atoms with Crippen LogP contribution in [0, 0.1) is 0 Å². The Balaban J connectivity index is 1.33. The van der Waals surface area contributed by atoms with Crippen molar-refractivity contribution in [2.45, 2.75) is 44.9 Å². The summed E-state index contributed by atoms with van der Waals surface area (Å²) in [5, 5.41) is 0. The fourth-order valence-corrected chi connectivity index (χ4v) is 3.88. The largest absolute Gasteiger partial charge is 0.379 e. The van der Waals surface area contributed by atoms with E-state index < -0.39 is 0 Å². The Labute approximate surface area is 156 Å². The summed E-state index contributed by atoms with van der Waals surface area (Å²) in [5.41, 5.74) is 5.19. The summed E-state index contributed by atoms with van der Waals surface area (Å²) in [5.74, 6) is 0. The van der Waals surface area contributed by atoms with Crippen LogP contribution < -0.4 is 0 Å². The van der Waals surface area contributed by atoms with E-state index in [0.29, 0.717) is 6.10 Å². The second-order valence-electron chi connectivity index (χ2n) is 7.50. The van der Waals surface area contributed by atoms with Gasteiger partial charge in [0.15, 0.2) is 0 Å². The zero-order chi connectivity index (χ0) is 17.6. The first-order chi connectivity index (χ1) is 12.9. The molecule has 0 N–H and O–H groups in total. The van der Waals surface area contributed by atoms with Crippen LogP contribution in [0.2, 0.25) is 0 Å². The number of hydrogen-bond acceptors (Lipinski definition) is 3. The van der Waals surface area contributed by atoms with Gasteiger partial charge in [-0.2, -0.15) is 0 Å². The van der Waals surface area contributed by atoms with E-state index in [0.717, 1.165) is 39.5 Å².